The molecule has 0 bridgehead atoms. The summed E-state index contributed by atoms with van der Waals surface area (Å²) in [5.41, 5.74) is 3.18. The number of nitrogens with zero attached hydrogens (tertiary/aromatic N) is 4. The van der Waals surface area contributed by atoms with Crippen molar-refractivity contribution in [1.29, 1.82) is 0 Å². The number of aromatic nitrogens is 4. The molecule has 0 atom stereocenters. The molecule has 0 aliphatic heterocycles. The van der Waals surface area contributed by atoms with Crippen LogP contribution in [0.3, 0.4) is 0 Å². The normalized spacial score (nSPS) is 10.9. The van der Waals surface area contributed by atoms with E-state index in [4.69, 9.17) is 14.0 Å². The van der Waals surface area contributed by atoms with Gasteiger partial charge in [-0.2, -0.15) is 4.98 Å². The Balaban J connectivity index is 1.54. The van der Waals surface area contributed by atoms with E-state index in [0.717, 1.165) is 11.1 Å². The second-order valence-corrected chi connectivity index (χ2v) is 8.68. The van der Waals surface area contributed by atoms with Gasteiger partial charge < -0.3 is 23.9 Å². The van der Waals surface area contributed by atoms with Crippen molar-refractivity contribution in [2.75, 3.05) is 19.5 Å². The Kier molecular flexibility index (Phi) is 6.61. The topological polar surface area (TPSA) is 121 Å². The zero-order valence-corrected chi connectivity index (χ0v) is 21.3. The van der Waals surface area contributed by atoms with Gasteiger partial charge >= 0.3 is 0 Å². The summed E-state index contributed by atoms with van der Waals surface area (Å²) >= 11 is 0. The Hall–Kier alpha value is -4.99. The van der Waals surface area contributed by atoms with Crippen LogP contribution in [0.4, 0.5) is 5.69 Å². The van der Waals surface area contributed by atoms with Crippen molar-refractivity contribution in [2.45, 2.75) is 20.4 Å². The quantitative estimate of drug-likeness (QED) is 0.342. The summed E-state index contributed by atoms with van der Waals surface area (Å²) in [5, 5.41) is 7.27. The smallest absolute Gasteiger partial charge is 0.263 e. The fraction of sp³-hybridized carbons (Fsp3) is 0.179. The molecule has 0 unspecified atom stereocenters. The average molecular weight is 512 g/mol. The maximum Gasteiger partial charge on any atom is 0.263 e. The van der Waals surface area contributed by atoms with E-state index < -0.39 is 0 Å². The first-order chi connectivity index (χ1) is 18.4. The van der Waals surface area contributed by atoms with Gasteiger partial charge in [0.25, 0.3) is 5.89 Å². The molecule has 5 aromatic rings. The van der Waals surface area contributed by atoms with E-state index in [2.05, 4.69) is 20.4 Å². The highest BCUT2D eigenvalue weighted by Gasteiger charge is 2.20. The maximum absolute atomic E-state index is 13.4. The number of ether oxygens (including phenoxy) is 2. The van der Waals surface area contributed by atoms with Crippen LogP contribution in [0.1, 0.15) is 11.3 Å². The molecule has 0 saturated heterocycles. The third-order valence-electron chi connectivity index (χ3n) is 6.10. The van der Waals surface area contributed by atoms with Gasteiger partial charge in [0, 0.05) is 23.5 Å². The number of amides is 1. The number of benzene rings is 2. The van der Waals surface area contributed by atoms with Crippen LogP contribution in [0.25, 0.3) is 33.9 Å². The number of pyridine rings is 2. The molecule has 3 heterocycles. The minimum absolute atomic E-state index is 0.0571. The van der Waals surface area contributed by atoms with E-state index in [9.17, 15) is 9.59 Å². The van der Waals surface area contributed by atoms with Gasteiger partial charge in [-0.25, -0.2) is 4.98 Å². The lowest BCUT2D eigenvalue weighted by molar-refractivity contribution is -0.116. The number of fused-ring (bicyclic) bond motifs is 1. The molecule has 0 aliphatic rings. The van der Waals surface area contributed by atoms with Gasteiger partial charge in [-0.15, -0.1) is 0 Å². The minimum Gasteiger partial charge on any atom is -0.497 e. The predicted octanol–water partition coefficient (Wildman–Crippen LogP) is 4.39. The Labute approximate surface area is 217 Å². The number of rotatable bonds is 7. The first-order valence-electron chi connectivity index (χ1n) is 11.8. The Morgan fingerprint density at radius 2 is 1.82 bits per heavy atom. The molecule has 3 aromatic heterocycles. The molecule has 10 nitrogen and oxygen atoms in total. The molecule has 2 aromatic carbocycles. The zero-order valence-electron chi connectivity index (χ0n) is 21.3. The Morgan fingerprint density at radius 1 is 1.00 bits per heavy atom. The molecule has 5 rings (SSSR count). The molecule has 1 amide bonds. The molecule has 1 N–H and O–H groups in total. The number of anilines is 1. The van der Waals surface area contributed by atoms with Crippen molar-refractivity contribution in [3.63, 3.8) is 0 Å². The van der Waals surface area contributed by atoms with Crippen molar-refractivity contribution < 1.29 is 18.8 Å². The summed E-state index contributed by atoms with van der Waals surface area (Å²) in [7, 11) is 3.06. The summed E-state index contributed by atoms with van der Waals surface area (Å²) in [4.78, 5) is 35.5. The lowest BCUT2D eigenvalue weighted by Crippen LogP contribution is -2.22. The molecular formula is C28H25N5O5. The van der Waals surface area contributed by atoms with Crippen LogP contribution in [-0.2, 0) is 11.3 Å². The second kappa shape index (κ2) is 10.2. The maximum atomic E-state index is 13.4. The van der Waals surface area contributed by atoms with E-state index in [1.807, 2.05) is 38.1 Å². The summed E-state index contributed by atoms with van der Waals surface area (Å²) < 4.78 is 17.7. The third-order valence-corrected chi connectivity index (χ3v) is 6.10. The molecule has 192 valence electrons. The second-order valence-electron chi connectivity index (χ2n) is 8.68. The van der Waals surface area contributed by atoms with Crippen LogP contribution < -0.4 is 20.2 Å². The average Bonchev–Trinajstić information content (AvgIpc) is 3.40. The van der Waals surface area contributed by atoms with Gasteiger partial charge in [-0.05, 0) is 43.7 Å². The van der Waals surface area contributed by atoms with Gasteiger partial charge in [0.05, 0.1) is 25.3 Å². The van der Waals surface area contributed by atoms with Crippen LogP contribution >= 0.6 is 0 Å². The number of hydrogen-bond acceptors (Lipinski definition) is 8. The highest BCUT2D eigenvalue weighted by molar-refractivity contribution is 5.93. The highest BCUT2D eigenvalue weighted by atomic mass is 16.5. The lowest BCUT2D eigenvalue weighted by atomic mass is 10.1. The SMILES string of the molecule is COc1ccc(NC(=O)Cn2cc(-c3nc(-c4ccccc4C)no3)c(=O)c3ccc(C)nc32)c(OC)c1. The fourth-order valence-electron chi connectivity index (χ4n) is 4.15. The standard InChI is InChI=1S/C28H25N5O5/c1-16-7-5-6-8-19(16)26-31-28(38-32-26)21-14-33(27-20(25(21)35)11-9-17(2)29-27)15-24(34)30-22-12-10-18(36-3)13-23(22)37-4/h5-14H,15H2,1-4H3,(H,30,34). The van der Waals surface area contributed by atoms with E-state index in [1.165, 1.54) is 13.3 Å². The largest absolute Gasteiger partial charge is 0.497 e. The Morgan fingerprint density at radius 3 is 2.58 bits per heavy atom. The summed E-state index contributed by atoms with van der Waals surface area (Å²) in [6.07, 6.45) is 1.52. The van der Waals surface area contributed by atoms with Crippen molar-refractivity contribution >= 4 is 22.6 Å². The number of methoxy groups -OCH3 is 2. The van der Waals surface area contributed by atoms with E-state index in [-0.39, 0.29) is 29.3 Å². The minimum atomic E-state index is -0.348. The molecule has 38 heavy (non-hydrogen) atoms. The number of carbonyl (C=O) groups is 1. The molecule has 0 radical (unpaired) electrons. The lowest BCUT2D eigenvalue weighted by Gasteiger charge is -2.14. The van der Waals surface area contributed by atoms with Crippen LogP contribution in [0.2, 0.25) is 0 Å². The fourth-order valence-corrected chi connectivity index (χ4v) is 4.15. The molecule has 0 spiro atoms. The molecule has 0 fully saturated rings. The van der Waals surface area contributed by atoms with Gasteiger partial charge in [-0.3, -0.25) is 9.59 Å². The van der Waals surface area contributed by atoms with Crippen molar-refractivity contribution in [3.05, 3.63) is 82.3 Å². The summed E-state index contributed by atoms with van der Waals surface area (Å²) in [5.74, 6) is 1.13. The first-order valence-corrected chi connectivity index (χ1v) is 11.8. The number of hydrogen-bond donors (Lipinski definition) is 1. The van der Waals surface area contributed by atoms with Gasteiger partial charge in [0.2, 0.25) is 17.2 Å². The van der Waals surface area contributed by atoms with E-state index >= 15 is 0 Å². The zero-order chi connectivity index (χ0) is 26.8. The van der Waals surface area contributed by atoms with Crippen molar-refractivity contribution in [1.82, 2.24) is 19.7 Å². The molecular weight excluding hydrogens is 486 g/mol. The van der Waals surface area contributed by atoms with Crippen LogP contribution in [0.5, 0.6) is 11.5 Å². The number of aryl methyl sites for hydroxylation is 2. The highest BCUT2D eigenvalue weighted by Crippen LogP contribution is 2.29. The third kappa shape index (κ3) is 4.71. The van der Waals surface area contributed by atoms with Crippen LogP contribution in [0, 0.1) is 13.8 Å². The van der Waals surface area contributed by atoms with E-state index in [0.29, 0.717) is 39.7 Å². The van der Waals surface area contributed by atoms with Crippen molar-refractivity contribution in [3.8, 4) is 34.3 Å². The van der Waals surface area contributed by atoms with Gasteiger partial charge in [0.1, 0.15) is 29.3 Å². The number of nitrogens with one attached hydrogen (secondary N) is 1. The monoisotopic (exact) mass is 511 g/mol. The summed E-state index contributed by atoms with van der Waals surface area (Å²) in [6.45, 7) is 3.63. The van der Waals surface area contributed by atoms with Crippen LogP contribution in [-0.4, -0.2) is 39.8 Å². The predicted molar refractivity (Wildman–Crippen MR) is 142 cm³/mol. The van der Waals surface area contributed by atoms with Gasteiger partial charge in [-0.1, -0.05) is 29.4 Å². The number of carbonyl (C=O) groups excluding carboxylic acids is 1. The molecule has 0 aliphatic carbocycles. The first kappa shape index (κ1) is 24.7. The molecule has 10 heteroatoms. The van der Waals surface area contributed by atoms with Gasteiger partial charge in [0.15, 0.2) is 0 Å². The van der Waals surface area contributed by atoms with E-state index in [1.54, 1.807) is 42.0 Å². The van der Waals surface area contributed by atoms with Crippen molar-refractivity contribution in [2.24, 2.45) is 0 Å². The molecule has 0 saturated carbocycles. The van der Waals surface area contributed by atoms with Crippen LogP contribution in [0.15, 0.2) is 70.1 Å². The summed E-state index contributed by atoms with van der Waals surface area (Å²) in [6, 6.07) is 16.1. The Bertz CT molecular complexity index is 1720.